The van der Waals surface area contributed by atoms with Crippen LogP contribution in [-0.2, 0) is 5.41 Å². The molecule has 1 nitrogen and oxygen atoms in total. The minimum atomic E-state index is -0.00903. The highest BCUT2D eigenvalue weighted by molar-refractivity contribution is 6.17. The fourth-order valence-corrected chi connectivity index (χ4v) is 5.57. The minimum absolute atomic E-state index is 0.00903. The first-order chi connectivity index (χ1) is 14.6. The lowest BCUT2D eigenvalue weighted by Gasteiger charge is -2.21. The molecule has 6 aromatic rings. The average molecular weight is 383 g/mol. The molecule has 0 saturated heterocycles. The van der Waals surface area contributed by atoms with Gasteiger partial charge < -0.3 is 4.98 Å². The van der Waals surface area contributed by atoms with E-state index in [0.717, 1.165) is 0 Å². The molecule has 0 spiro atoms. The Morgan fingerprint density at radius 3 is 1.97 bits per heavy atom. The molecule has 1 heterocycles. The van der Waals surface area contributed by atoms with Crippen LogP contribution < -0.4 is 0 Å². The van der Waals surface area contributed by atoms with Gasteiger partial charge in [-0.25, -0.2) is 0 Å². The number of hydrogen-bond donors (Lipinski definition) is 1. The van der Waals surface area contributed by atoms with E-state index in [1.165, 1.54) is 65.6 Å². The first-order valence-corrected chi connectivity index (χ1v) is 10.6. The van der Waals surface area contributed by atoms with E-state index in [-0.39, 0.29) is 5.41 Å². The first-order valence-electron chi connectivity index (χ1n) is 10.6. The van der Waals surface area contributed by atoms with Gasteiger partial charge in [0.1, 0.15) is 0 Å². The lowest BCUT2D eigenvalue weighted by atomic mass is 9.82. The summed E-state index contributed by atoms with van der Waals surface area (Å²) in [6.07, 6.45) is 0. The molecule has 1 aliphatic rings. The number of benzene rings is 5. The predicted octanol–water partition coefficient (Wildman–Crippen LogP) is 7.93. The lowest BCUT2D eigenvalue weighted by Crippen LogP contribution is -2.14. The number of nitrogens with one attached hydrogen (secondary N) is 1. The molecule has 0 atom stereocenters. The van der Waals surface area contributed by atoms with Gasteiger partial charge in [0.2, 0.25) is 0 Å². The summed E-state index contributed by atoms with van der Waals surface area (Å²) in [4.78, 5) is 3.80. The van der Waals surface area contributed by atoms with Crippen LogP contribution in [0.25, 0.3) is 54.5 Å². The van der Waals surface area contributed by atoms with Crippen molar-refractivity contribution >= 4 is 43.4 Å². The van der Waals surface area contributed by atoms with Gasteiger partial charge in [-0.3, -0.25) is 0 Å². The van der Waals surface area contributed by atoms with Crippen molar-refractivity contribution in [1.29, 1.82) is 0 Å². The van der Waals surface area contributed by atoms with Crippen molar-refractivity contribution in [2.45, 2.75) is 19.3 Å². The number of fused-ring (bicyclic) bond motifs is 9. The molecule has 0 fully saturated rings. The maximum atomic E-state index is 3.80. The fourth-order valence-electron chi connectivity index (χ4n) is 5.57. The van der Waals surface area contributed by atoms with Gasteiger partial charge in [-0.2, -0.15) is 0 Å². The summed E-state index contributed by atoms with van der Waals surface area (Å²) < 4.78 is 0. The molecule has 1 aliphatic carbocycles. The van der Waals surface area contributed by atoms with Crippen LogP contribution in [0.4, 0.5) is 0 Å². The lowest BCUT2D eigenvalue weighted by molar-refractivity contribution is 0.661. The van der Waals surface area contributed by atoms with Gasteiger partial charge in [0.25, 0.3) is 0 Å². The van der Waals surface area contributed by atoms with Crippen LogP contribution in [0.15, 0.2) is 84.9 Å². The van der Waals surface area contributed by atoms with Crippen LogP contribution >= 0.6 is 0 Å². The number of H-pyrrole nitrogens is 1. The van der Waals surface area contributed by atoms with Crippen molar-refractivity contribution in [3.05, 3.63) is 96.1 Å². The summed E-state index contributed by atoms with van der Waals surface area (Å²) in [6.45, 7) is 4.71. The summed E-state index contributed by atoms with van der Waals surface area (Å²) in [5, 5.41) is 7.80. The van der Waals surface area contributed by atoms with E-state index in [2.05, 4.69) is 104 Å². The van der Waals surface area contributed by atoms with E-state index >= 15 is 0 Å². The van der Waals surface area contributed by atoms with Gasteiger partial charge in [-0.15, -0.1) is 0 Å². The van der Waals surface area contributed by atoms with Crippen molar-refractivity contribution in [3.63, 3.8) is 0 Å². The maximum absolute atomic E-state index is 3.80. The van der Waals surface area contributed by atoms with Gasteiger partial charge in [0.15, 0.2) is 0 Å². The van der Waals surface area contributed by atoms with Crippen LogP contribution in [-0.4, -0.2) is 4.98 Å². The molecule has 5 aromatic carbocycles. The molecular weight excluding hydrogens is 362 g/mol. The van der Waals surface area contributed by atoms with Crippen LogP contribution in [0.5, 0.6) is 0 Å². The normalized spacial score (nSPS) is 14.6. The van der Waals surface area contributed by atoms with Gasteiger partial charge in [0.05, 0.1) is 5.52 Å². The predicted molar refractivity (Wildman–Crippen MR) is 128 cm³/mol. The molecular formula is C29H21N. The Balaban J connectivity index is 1.64. The van der Waals surface area contributed by atoms with Crippen molar-refractivity contribution in [2.75, 3.05) is 0 Å². The van der Waals surface area contributed by atoms with Crippen LogP contribution in [0, 0.1) is 0 Å². The smallest absolute Gasteiger partial charge is 0.0547 e. The zero-order valence-electron chi connectivity index (χ0n) is 17.1. The Bertz CT molecular complexity index is 1660. The molecule has 30 heavy (non-hydrogen) atoms. The Morgan fingerprint density at radius 1 is 0.600 bits per heavy atom. The van der Waals surface area contributed by atoms with E-state index in [1.54, 1.807) is 0 Å². The molecule has 0 aliphatic heterocycles. The monoisotopic (exact) mass is 383 g/mol. The number of hydrogen-bond acceptors (Lipinski definition) is 0. The summed E-state index contributed by atoms with van der Waals surface area (Å²) in [6, 6.07) is 31.4. The van der Waals surface area contributed by atoms with E-state index < -0.39 is 0 Å². The maximum Gasteiger partial charge on any atom is 0.0547 e. The number of aromatic nitrogens is 1. The third kappa shape index (κ3) is 1.92. The molecule has 1 N–H and O–H groups in total. The molecule has 142 valence electrons. The van der Waals surface area contributed by atoms with Crippen molar-refractivity contribution in [2.24, 2.45) is 0 Å². The first kappa shape index (κ1) is 16.2. The van der Waals surface area contributed by atoms with Crippen LogP contribution in [0.3, 0.4) is 0 Å². The molecule has 0 saturated carbocycles. The van der Waals surface area contributed by atoms with Gasteiger partial charge >= 0.3 is 0 Å². The highest BCUT2D eigenvalue weighted by Crippen LogP contribution is 2.52. The standard InChI is InChI=1S/C29H21N/c1-29(2)24-12-11-21-22-13-17-7-4-6-10-20(17)16-26(22)30-28(21)27(24)23-14-18-8-3-5-9-19(18)15-25(23)29/h3-16,30H,1-2H3. The summed E-state index contributed by atoms with van der Waals surface area (Å²) >= 11 is 0. The van der Waals surface area contributed by atoms with Gasteiger partial charge in [-0.05, 0) is 62.5 Å². The average Bonchev–Trinajstić information content (AvgIpc) is 3.23. The molecule has 0 bridgehead atoms. The van der Waals surface area contributed by atoms with Gasteiger partial charge in [0, 0.05) is 27.3 Å². The molecule has 0 amide bonds. The Kier molecular flexibility index (Phi) is 2.88. The van der Waals surface area contributed by atoms with E-state index in [4.69, 9.17) is 0 Å². The van der Waals surface area contributed by atoms with Crippen molar-refractivity contribution in [3.8, 4) is 11.1 Å². The molecule has 1 aromatic heterocycles. The quantitative estimate of drug-likeness (QED) is 0.274. The van der Waals surface area contributed by atoms with E-state index in [1.807, 2.05) is 0 Å². The Labute approximate surface area is 175 Å². The van der Waals surface area contributed by atoms with E-state index in [9.17, 15) is 0 Å². The number of rotatable bonds is 0. The van der Waals surface area contributed by atoms with Crippen LogP contribution in [0.1, 0.15) is 25.0 Å². The second-order valence-electron chi connectivity index (χ2n) is 9.15. The molecule has 1 heteroatoms. The van der Waals surface area contributed by atoms with E-state index in [0.29, 0.717) is 0 Å². The third-order valence-electron chi connectivity index (χ3n) is 7.14. The van der Waals surface area contributed by atoms with Gasteiger partial charge in [-0.1, -0.05) is 74.5 Å². The topological polar surface area (TPSA) is 15.8 Å². The molecule has 0 radical (unpaired) electrons. The third-order valence-corrected chi connectivity index (χ3v) is 7.14. The minimum Gasteiger partial charge on any atom is -0.354 e. The molecule has 7 rings (SSSR count). The zero-order valence-corrected chi connectivity index (χ0v) is 17.1. The summed E-state index contributed by atoms with van der Waals surface area (Å²) in [5.74, 6) is 0. The highest BCUT2D eigenvalue weighted by atomic mass is 14.7. The largest absolute Gasteiger partial charge is 0.354 e. The zero-order chi connectivity index (χ0) is 20.0. The summed E-state index contributed by atoms with van der Waals surface area (Å²) in [7, 11) is 0. The molecule has 0 unspecified atom stereocenters. The SMILES string of the molecule is CC1(C)c2cc3ccccc3cc2-c2c1ccc1c2[nH]c2cc3ccccc3cc21. The number of aromatic amines is 1. The second-order valence-corrected chi connectivity index (χ2v) is 9.15. The fraction of sp³-hybridized carbons (Fsp3) is 0.103. The Hall–Kier alpha value is -3.58. The summed E-state index contributed by atoms with van der Waals surface area (Å²) in [5.41, 5.74) is 8.05. The van der Waals surface area contributed by atoms with Crippen molar-refractivity contribution in [1.82, 2.24) is 4.98 Å². The second kappa shape index (κ2) is 5.31. The Morgan fingerprint density at radius 2 is 1.23 bits per heavy atom. The highest BCUT2D eigenvalue weighted by Gasteiger charge is 2.37. The van der Waals surface area contributed by atoms with Crippen molar-refractivity contribution < 1.29 is 0 Å². The van der Waals surface area contributed by atoms with Crippen LogP contribution in [0.2, 0.25) is 0 Å².